The largest absolute Gasteiger partial charge is 0.463 e. The van der Waals surface area contributed by atoms with E-state index in [1.54, 1.807) is 7.05 Å². The molecule has 0 aliphatic rings. The monoisotopic (exact) mass is 652 g/mol. The summed E-state index contributed by atoms with van der Waals surface area (Å²) in [6.45, 7) is 4.14. The molecular formula is C25H48N8O10S. The number of ether oxygens (including phenoxy) is 1. The summed E-state index contributed by atoms with van der Waals surface area (Å²) in [5.74, 6) is -5.95. The van der Waals surface area contributed by atoms with Gasteiger partial charge < -0.3 is 47.9 Å². The first-order valence-electron chi connectivity index (χ1n) is 14.1. The summed E-state index contributed by atoms with van der Waals surface area (Å²) >= 11 is 0. The first-order chi connectivity index (χ1) is 20.5. The molecule has 6 unspecified atom stereocenters. The smallest absolute Gasteiger partial charge is 0.376 e. The lowest BCUT2D eigenvalue weighted by Crippen LogP contribution is -2.60. The minimum Gasteiger partial charge on any atom is -0.463 e. The molecule has 0 aliphatic heterocycles. The summed E-state index contributed by atoms with van der Waals surface area (Å²) in [5, 5.41) is 22.3. The van der Waals surface area contributed by atoms with Crippen molar-refractivity contribution in [2.24, 2.45) is 11.5 Å². The Morgan fingerprint density at radius 1 is 0.773 bits per heavy atom. The lowest BCUT2D eigenvalue weighted by Gasteiger charge is -2.26. The molecule has 4 amide bonds. The van der Waals surface area contributed by atoms with Crippen LogP contribution in [-0.2, 0) is 43.5 Å². The van der Waals surface area contributed by atoms with Crippen LogP contribution in [0.5, 0.6) is 0 Å². The number of methoxy groups -OCH3 is 1. The molecule has 0 bridgehead atoms. The van der Waals surface area contributed by atoms with Crippen LogP contribution in [0.1, 0.15) is 46.5 Å². The molecule has 254 valence electrons. The second-order valence-electron chi connectivity index (χ2n) is 10.1. The number of nitrogens with two attached hydrogens (primary N) is 2. The number of ketones is 1. The van der Waals surface area contributed by atoms with E-state index in [2.05, 4.69) is 36.0 Å². The van der Waals surface area contributed by atoms with Crippen molar-refractivity contribution in [2.45, 2.75) is 82.8 Å². The molecule has 0 saturated heterocycles. The van der Waals surface area contributed by atoms with Crippen molar-refractivity contribution in [3.05, 3.63) is 0 Å². The van der Waals surface area contributed by atoms with Crippen molar-refractivity contribution in [3.8, 4) is 0 Å². The zero-order chi connectivity index (χ0) is 34.0. The standard InChI is InChI=1S/C25H48N8O10S/c1-14(20(35)25(40)43-5)29-22(37)17(8-6-7-10-26)31-21(36)15(2)30-24(39)19(16(3)34)32-23(38)18(9-11-27)33-44(41,42)13-12-28-4/h14-19,28,33-34H,6-13,26-27H2,1-5H3,(H,29,37)(H,30,39)(H,31,36)(H,32,38). The van der Waals surface area contributed by atoms with Gasteiger partial charge in [-0.25, -0.2) is 17.9 Å². The number of Topliss-reactive ketones (excluding diaryl/α,β-unsaturated/α-hetero) is 1. The number of amides is 4. The molecule has 18 nitrogen and oxygen atoms in total. The number of esters is 1. The molecule has 0 aliphatic carbocycles. The van der Waals surface area contributed by atoms with E-state index in [9.17, 15) is 42.3 Å². The molecule has 0 radical (unpaired) electrons. The van der Waals surface area contributed by atoms with Crippen LogP contribution in [0.2, 0.25) is 0 Å². The van der Waals surface area contributed by atoms with Crippen molar-refractivity contribution < 1.29 is 47.0 Å². The third-order valence-electron chi connectivity index (χ3n) is 6.25. The quantitative estimate of drug-likeness (QED) is 0.0301. The lowest BCUT2D eigenvalue weighted by molar-refractivity contribution is -0.152. The van der Waals surface area contributed by atoms with Gasteiger partial charge in [0.1, 0.15) is 24.2 Å². The molecule has 0 aromatic heterocycles. The van der Waals surface area contributed by atoms with Crippen LogP contribution < -0.4 is 42.8 Å². The Balaban J connectivity index is 5.57. The number of carbonyl (C=O) groups excluding carboxylic acids is 6. The minimum absolute atomic E-state index is 0.0645. The number of nitrogens with one attached hydrogen (secondary N) is 6. The van der Waals surface area contributed by atoms with Crippen LogP contribution in [0.3, 0.4) is 0 Å². The molecule has 6 atom stereocenters. The molecular weight excluding hydrogens is 604 g/mol. The summed E-state index contributed by atoms with van der Waals surface area (Å²) in [7, 11) is -1.32. The van der Waals surface area contributed by atoms with Gasteiger partial charge in [-0.15, -0.1) is 0 Å². The molecule has 0 aromatic rings. The van der Waals surface area contributed by atoms with Gasteiger partial charge in [0.25, 0.3) is 5.78 Å². The summed E-state index contributed by atoms with van der Waals surface area (Å²) in [6, 6.07) is -6.61. The van der Waals surface area contributed by atoms with E-state index in [-0.39, 0.29) is 31.7 Å². The summed E-state index contributed by atoms with van der Waals surface area (Å²) in [4.78, 5) is 75.1. The van der Waals surface area contributed by atoms with Gasteiger partial charge in [0.15, 0.2) is 0 Å². The lowest BCUT2D eigenvalue weighted by atomic mass is 10.1. The van der Waals surface area contributed by atoms with Gasteiger partial charge in [0.05, 0.1) is 25.0 Å². The SMILES string of the molecule is CNCCS(=O)(=O)NC(CCN)C(=O)NC(C(=O)NC(C)C(=O)NC(CCCCN)C(=O)NC(C)C(=O)C(=O)OC)C(C)O. The van der Waals surface area contributed by atoms with Crippen LogP contribution >= 0.6 is 0 Å². The van der Waals surface area contributed by atoms with Gasteiger partial charge in [-0.05, 0) is 66.6 Å². The zero-order valence-corrected chi connectivity index (χ0v) is 26.6. The second-order valence-corrected chi connectivity index (χ2v) is 11.9. The van der Waals surface area contributed by atoms with Crippen molar-refractivity contribution in [3.63, 3.8) is 0 Å². The fourth-order valence-electron chi connectivity index (χ4n) is 3.67. The Hall–Kier alpha value is -3.23. The number of rotatable bonds is 22. The highest BCUT2D eigenvalue weighted by Crippen LogP contribution is 2.04. The van der Waals surface area contributed by atoms with Gasteiger partial charge in [0.2, 0.25) is 33.7 Å². The third-order valence-corrected chi connectivity index (χ3v) is 7.63. The third kappa shape index (κ3) is 15.0. The van der Waals surface area contributed by atoms with Crippen LogP contribution in [0.25, 0.3) is 0 Å². The van der Waals surface area contributed by atoms with Crippen LogP contribution in [-0.4, -0.2) is 125 Å². The topological polar surface area (TPSA) is 290 Å². The van der Waals surface area contributed by atoms with Crippen LogP contribution in [0, 0.1) is 0 Å². The second kappa shape index (κ2) is 20.7. The molecule has 0 rings (SSSR count). The predicted octanol–water partition coefficient (Wildman–Crippen LogP) is -4.93. The molecule has 44 heavy (non-hydrogen) atoms. The maximum atomic E-state index is 13.0. The maximum absolute atomic E-state index is 13.0. The first kappa shape index (κ1) is 40.8. The molecule has 0 fully saturated rings. The Morgan fingerprint density at radius 2 is 1.36 bits per heavy atom. The first-order valence-corrected chi connectivity index (χ1v) is 15.8. The van der Waals surface area contributed by atoms with Gasteiger partial charge in [-0.1, -0.05) is 0 Å². The number of hydrogen-bond acceptors (Lipinski definition) is 13. The molecule has 11 N–H and O–H groups in total. The Labute approximate surface area is 257 Å². The van der Waals surface area contributed by atoms with E-state index in [1.165, 1.54) is 20.8 Å². The van der Waals surface area contributed by atoms with E-state index in [0.717, 1.165) is 7.11 Å². The van der Waals surface area contributed by atoms with Crippen molar-refractivity contribution in [1.29, 1.82) is 0 Å². The average Bonchev–Trinajstić information content (AvgIpc) is 2.96. The van der Waals surface area contributed by atoms with E-state index in [4.69, 9.17) is 11.5 Å². The number of hydrogen-bond donors (Lipinski definition) is 9. The van der Waals surface area contributed by atoms with E-state index < -0.39 is 81.7 Å². The maximum Gasteiger partial charge on any atom is 0.376 e. The number of sulfonamides is 1. The van der Waals surface area contributed by atoms with Crippen molar-refractivity contribution >= 4 is 45.4 Å². The Morgan fingerprint density at radius 3 is 1.89 bits per heavy atom. The minimum atomic E-state index is -3.89. The highest BCUT2D eigenvalue weighted by molar-refractivity contribution is 7.89. The van der Waals surface area contributed by atoms with E-state index in [1.807, 2.05) is 0 Å². The zero-order valence-electron chi connectivity index (χ0n) is 25.8. The fourth-order valence-corrected chi connectivity index (χ4v) is 4.91. The highest BCUT2D eigenvalue weighted by Gasteiger charge is 2.33. The molecule has 0 aromatic carbocycles. The number of unbranched alkanes of at least 4 members (excludes halogenated alkanes) is 1. The Kier molecular flexibility index (Phi) is 19.2. The predicted molar refractivity (Wildman–Crippen MR) is 159 cm³/mol. The fraction of sp³-hybridized carbons (Fsp3) is 0.760. The van der Waals surface area contributed by atoms with Gasteiger partial charge in [-0.2, -0.15) is 0 Å². The van der Waals surface area contributed by atoms with E-state index in [0.29, 0.717) is 19.4 Å². The van der Waals surface area contributed by atoms with E-state index >= 15 is 0 Å². The highest BCUT2D eigenvalue weighted by atomic mass is 32.2. The molecule has 0 spiro atoms. The summed E-state index contributed by atoms with van der Waals surface area (Å²) < 4.78 is 31.2. The summed E-state index contributed by atoms with van der Waals surface area (Å²) in [6.07, 6.45) is -0.497. The number of aliphatic hydroxyl groups excluding tert-OH is 1. The average molecular weight is 653 g/mol. The number of aliphatic hydroxyl groups is 1. The van der Waals surface area contributed by atoms with Crippen molar-refractivity contribution in [2.75, 3.05) is 39.5 Å². The van der Waals surface area contributed by atoms with Crippen LogP contribution in [0.4, 0.5) is 0 Å². The van der Waals surface area contributed by atoms with Gasteiger partial charge in [-0.3, -0.25) is 24.0 Å². The Bertz CT molecular complexity index is 1090. The van der Waals surface area contributed by atoms with Gasteiger partial charge >= 0.3 is 5.97 Å². The molecule has 19 heteroatoms. The summed E-state index contributed by atoms with van der Waals surface area (Å²) in [5.41, 5.74) is 11.0. The van der Waals surface area contributed by atoms with Gasteiger partial charge in [0, 0.05) is 6.54 Å². The molecule has 0 heterocycles. The normalized spacial score (nSPS) is 15.5. The molecule has 0 saturated carbocycles. The number of carbonyl (C=O) groups is 6. The van der Waals surface area contributed by atoms with Crippen LogP contribution in [0.15, 0.2) is 0 Å². The van der Waals surface area contributed by atoms with Crippen molar-refractivity contribution in [1.82, 2.24) is 31.3 Å².